The van der Waals surface area contributed by atoms with Crippen molar-refractivity contribution in [1.82, 2.24) is 4.98 Å². The van der Waals surface area contributed by atoms with E-state index in [0.29, 0.717) is 0 Å². The number of aryl methyl sites for hydroxylation is 1. The molecule has 0 aliphatic rings. The number of aromatic nitrogens is 1. The maximum Gasteiger partial charge on any atom is 0.201 e. The summed E-state index contributed by atoms with van der Waals surface area (Å²) < 4.78 is 5.22. The zero-order valence-corrected chi connectivity index (χ0v) is 7.32. The molecule has 0 fully saturated rings. The molecule has 2 rings (SSSR count). The van der Waals surface area contributed by atoms with Crippen LogP contribution in [-0.4, -0.2) is 4.98 Å². The molecular formula is C10H10N2O. The Bertz CT molecular complexity index is 381. The minimum atomic E-state index is 0.749. The van der Waals surface area contributed by atoms with Gasteiger partial charge in [0.15, 0.2) is 0 Å². The second kappa shape index (κ2) is 3.31. The second-order valence-corrected chi connectivity index (χ2v) is 2.77. The van der Waals surface area contributed by atoms with E-state index < -0.39 is 0 Å². The fraction of sp³-hybridized carbons (Fsp3) is 0.100. The summed E-state index contributed by atoms with van der Waals surface area (Å²) >= 11 is 0. The van der Waals surface area contributed by atoms with Gasteiger partial charge in [-0.3, -0.25) is 0 Å². The number of hydrogen-bond acceptors (Lipinski definition) is 3. The van der Waals surface area contributed by atoms with Crippen LogP contribution in [0.2, 0.25) is 0 Å². The highest BCUT2D eigenvalue weighted by atomic mass is 16.3. The van der Waals surface area contributed by atoms with Gasteiger partial charge in [0.1, 0.15) is 5.82 Å². The third-order valence-corrected chi connectivity index (χ3v) is 1.77. The van der Waals surface area contributed by atoms with Crippen LogP contribution in [0.1, 0.15) is 5.56 Å². The zero-order chi connectivity index (χ0) is 9.10. The lowest BCUT2D eigenvalue weighted by Crippen LogP contribution is -1.91. The van der Waals surface area contributed by atoms with Gasteiger partial charge < -0.3 is 9.73 Å². The third-order valence-electron chi connectivity index (χ3n) is 1.77. The van der Waals surface area contributed by atoms with Gasteiger partial charge in [0, 0.05) is 11.8 Å². The average Bonchev–Trinajstić information content (AvgIpc) is 2.54. The quantitative estimate of drug-likeness (QED) is 0.760. The van der Waals surface area contributed by atoms with Gasteiger partial charge in [0.2, 0.25) is 5.88 Å². The number of pyridine rings is 1. The number of rotatable bonds is 2. The van der Waals surface area contributed by atoms with Gasteiger partial charge in [0.25, 0.3) is 0 Å². The Morgan fingerprint density at radius 1 is 1.31 bits per heavy atom. The van der Waals surface area contributed by atoms with E-state index in [4.69, 9.17) is 4.42 Å². The van der Waals surface area contributed by atoms with E-state index in [-0.39, 0.29) is 0 Å². The lowest BCUT2D eigenvalue weighted by molar-refractivity contribution is 0.583. The largest absolute Gasteiger partial charge is 0.448 e. The van der Waals surface area contributed by atoms with Crippen molar-refractivity contribution in [1.29, 1.82) is 0 Å². The van der Waals surface area contributed by atoms with E-state index in [1.807, 2.05) is 31.2 Å². The summed E-state index contributed by atoms with van der Waals surface area (Å²) in [6.45, 7) is 1.98. The average molecular weight is 174 g/mol. The zero-order valence-electron chi connectivity index (χ0n) is 7.32. The molecule has 0 spiro atoms. The van der Waals surface area contributed by atoms with Crippen molar-refractivity contribution in [2.45, 2.75) is 6.92 Å². The van der Waals surface area contributed by atoms with Crippen molar-refractivity contribution in [2.24, 2.45) is 0 Å². The van der Waals surface area contributed by atoms with Crippen molar-refractivity contribution in [3.63, 3.8) is 0 Å². The van der Waals surface area contributed by atoms with Crippen molar-refractivity contribution in [2.75, 3.05) is 5.32 Å². The van der Waals surface area contributed by atoms with E-state index in [0.717, 1.165) is 17.3 Å². The molecule has 0 saturated heterocycles. The van der Waals surface area contributed by atoms with E-state index in [1.165, 1.54) is 0 Å². The summed E-state index contributed by atoms with van der Waals surface area (Å²) in [5.41, 5.74) is 1.07. The van der Waals surface area contributed by atoms with Crippen LogP contribution in [0.25, 0.3) is 0 Å². The van der Waals surface area contributed by atoms with Gasteiger partial charge in [-0.15, -0.1) is 0 Å². The Morgan fingerprint density at radius 3 is 2.85 bits per heavy atom. The molecule has 3 nitrogen and oxygen atoms in total. The lowest BCUT2D eigenvalue weighted by Gasteiger charge is -2.01. The molecule has 0 aliphatic carbocycles. The van der Waals surface area contributed by atoms with Gasteiger partial charge in [0.05, 0.1) is 6.26 Å². The van der Waals surface area contributed by atoms with Gasteiger partial charge in [-0.25, -0.2) is 4.98 Å². The Hall–Kier alpha value is -1.77. The first-order valence-corrected chi connectivity index (χ1v) is 4.08. The first-order chi connectivity index (χ1) is 6.36. The molecular weight excluding hydrogens is 164 g/mol. The maximum absolute atomic E-state index is 5.22. The summed E-state index contributed by atoms with van der Waals surface area (Å²) in [6, 6.07) is 7.60. The first-order valence-electron chi connectivity index (χ1n) is 4.08. The molecule has 0 amide bonds. The molecule has 2 heterocycles. The van der Waals surface area contributed by atoms with Crippen LogP contribution in [0.5, 0.6) is 0 Å². The highest BCUT2D eigenvalue weighted by Crippen LogP contribution is 2.18. The Labute approximate surface area is 76.4 Å². The van der Waals surface area contributed by atoms with Crippen LogP contribution in [0, 0.1) is 6.92 Å². The number of hydrogen-bond donors (Lipinski definition) is 1. The van der Waals surface area contributed by atoms with E-state index in [9.17, 15) is 0 Å². The smallest absolute Gasteiger partial charge is 0.201 e. The molecule has 0 aromatic carbocycles. The van der Waals surface area contributed by atoms with Crippen LogP contribution >= 0.6 is 0 Å². The predicted molar refractivity (Wildman–Crippen MR) is 51.0 cm³/mol. The van der Waals surface area contributed by atoms with Crippen molar-refractivity contribution >= 4 is 11.7 Å². The van der Waals surface area contributed by atoms with Crippen LogP contribution in [-0.2, 0) is 0 Å². The molecule has 1 N–H and O–H groups in total. The predicted octanol–water partition coefficient (Wildman–Crippen LogP) is 2.73. The highest BCUT2D eigenvalue weighted by molar-refractivity contribution is 5.53. The van der Waals surface area contributed by atoms with Crippen molar-refractivity contribution in [3.05, 3.63) is 42.3 Å². The lowest BCUT2D eigenvalue weighted by atomic mass is 10.3. The standard InChI is InChI=1S/C10H10N2O/c1-8-5-7-13-10(8)12-9-4-2-3-6-11-9/h2-7H,1H3,(H,11,12). The molecule has 13 heavy (non-hydrogen) atoms. The van der Waals surface area contributed by atoms with E-state index in [2.05, 4.69) is 10.3 Å². The van der Waals surface area contributed by atoms with E-state index in [1.54, 1.807) is 12.5 Å². The Kier molecular flexibility index (Phi) is 2.00. The van der Waals surface area contributed by atoms with Crippen LogP contribution in [0.15, 0.2) is 41.1 Å². The second-order valence-electron chi connectivity index (χ2n) is 2.77. The van der Waals surface area contributed by atoms with Gasteiger partial charge in [-0.05, 0) is 25.1 Å². The monoisotopic (exact) mass is 174 g/mol. The molecule has 2 aromatic heterocycles. The van der Waals surface area contributed by atoms with Gasteiger partial charge in [-0.2, -0.15) is 0 Å². The summed E-state index contributed by atoms with van der Waals surface area (Å²) in [4.78, 5) is 4.12. The number of anilines is 2. The van der Waals surface area contributed by atoms with Crippen LogP contribution < -0.4 is 5.32 Å². The minimum Gasteiger partial charge on any atom is -0.448 e. The molecule has 0 bridgehead atoms. The fourth-order valence-electron chi connectivity index (χ4n) is 1.05. The van der Waals surface area contributed by atoms with Crippen LogP contribution in [0.4, 0.5) is 11.7 Å². The normalized spacial score (nSPS) is 9.92. The van der Waals surface area contributed by atoms with E-state index >= 15 is 0 Å². The third kappa shape index (κ3) is 1.69. The van der Waals surface area contributed by atoms with Gasteiger partial charge in [-0.1, -0.05) is 6.07 Å². The van der Waals surface area contributed by atoms with Crippen LogP contribution in [0.3, 0.4) is 0 Å². The number of nitrogens with one attached hydrogen (secondary N) is 1. The summed E-state index contributed by atoms with van der Waals surface area (Å²) in [7, 11) is 0. The fourth-order valence-corrected chi connectivity index (χ4v) is 1.05. The summed E-state index contributed by atoms with van der Waals surface area (Å²) in [6.07, 6.45) is 3.39. The van der Waals surface area contributed by atoms with Crippen molar-refractivity contribution in [3.8, 4) is 0 Å². The SMILES string of the molecule is Cc1ccoc1Nc1ccccn1. The molecule has 66 valence electrons. The molecule has 0 aliphatic heterocycles. The van der Waals surface area contributed by atoms with Gasteiger partial charge >= 0.3 is 0 Å². The molecule has 0 saturated carbocycles. The highest BCUT2D eigenvalue weighted by Gasteiger charge is 2.00. The molecule has 0 atom stereocenters. The van der Waals surface area contributed by atoms with Crippen molar-refractivity contribution < 1.29 is 4.42 Å². The molecule has 2 aromatic rings. The maximum atomic E-state index is 5.22. The summed E-state index contributed by atoms with van der Waals surface area (Å²) in [5, 5.41) is 3.07. The molecule has 0 unspecified atom stereocenters. The Balaban J connectivity index is 2.20. The number of furan rings is 1. The minimum absolute atomic E-state index is 0.749. The topological polar surface area (TPSA) is 38.1 Å². The summed E-state index contributed by atoms with van der Waals surface area (Å²) in [5.74, 6) is 1.54. The number of nitrogens with zero attached hydrogens (tertiary/aromatic N) is 1. The molecule has 0 radical (unpaired) electrons. The molecule has 3 heteroatoms. The first kappa shape index (κ1) is 7.86. The Morgan fingerprint density at radius 2 is 2.23 bits per heavy atom.